The summed E-state index contributed by atoms with van der Waals surface area (Å²) in [6, 6.07) is 7.25. The first kappa shape index (κ1) is 26.4. The second-order valence-electron chi connectivity index (χ2n) is 9.17. The number of likely N-dealkylation sites (tertiary alicyclic amines) is 1. The number of nitrogens with two attached hydrogens (primary N) is 1. The molecule has 2 aliphatic heterocycles. The van der Waals surface area contributed by atoms with Gasteiger partial charge in [0, 0.05) is 48.8 Å². The van der Waals surface area contributed by atoms with Crippen LogP contribution in [0.4, 0.5) is 15.9 Å². The smallest absolute Gasteiger partial charge is 0.296 e. The second kappa shape index (κ2) is 11.1. The molecule has 0 spiro atoms. The number of pyridine rings is 1. The van der Waals surface area contributed by atoms with Gasteiger partial charge in [-0.3, -0.25) is 14.5 Å². The van der Waals surface area contributed by atoms with Gasteiger partial charge in [0.2, 0.25) is 0 Å². The van der Waals surface area contributed by atoms with E-state index in [9.17, 15) is 12.8 Å². The summed E-state index contributed by atoms with van der Waals surface area (Å²) >= 11 is 12.3. The number of hydrogen-bond donors (Lipinski definition) is 2. The largest absolute Gasteiger partial charge is 0.353 e. The van der Waals surface area contributed by atoms with Crippen LogP contribution in [0.2, 0.25) is 10.0 Å². The Bertz CT molecular complexity index is 1150. The molecular formula is C23H31Cl2FN6O2S. The molecule has 0 radical (unpaired) electrons. The third kappa shape index (κ3) is 6.75. The molecule has 2 saturated heterocycles. The number of aromatic nitrogens is 1. The molecule has 2 fully saturated rings. The zero-order chi connectivity index (χ0) is 25.2. The Balaban J connectivity index is 1.34. The SMILES string of the molecule is CC[C@H]1CN(c2ncc(NS(N)(=O)=O)cc2Cl)CCN1C1CCN(Cc2ccc(Cl)cc2F)CC1. The van der Waals surface area contributed by atoms with E-state index in [-0.39, 0.29) is 11.5 Å². The summed E-state index contributed by atoms with van der Waals surface area (Å²) in [5.74, 6) is 0.395. The molecule has 0 aliphatic carbocycles. The first-order chi connectivity index (χ1) is 16.6. The lowest BCUT2D eigenvalue weighted by atomic mass is 9.97. The van der Waals surface area contributed by atoms with E-state index in [0.29, 0.717) is 40.1 Å². The number of hydrogen-bond acceptors (Lipinski definition) is 6. The number of benzene rings is 1. The first-order valence-corrected chi connectivity index (χ1v) is 14.1. The Labute approximate surface area is 216 Å². The van der Waals surface area contributed by atoms with Gasteiger partial charge < -0.3 is 4.90 Å². The van der Waals surface area contributed by atoms with Crippen molar-refractivity contribution in [3.05, 3.63) is 51.9 Å². The van der Waals surface area contributed by atoms with E-state index < -0.39 is 10.2 Å². The molecule has 3 N–H and O–H groups in total. The monoisotopic (exact) mass is 544 g/mol. The van der Waals surface area contributed by atoms with E-state index in [2.05, 4.69) is 31.3 Å². The predicted molar refractivity (Wildman–Crippen MR) is 139 cm³/mol. The fourth-order valence-corrected chi connectivity index (χ4v) is 5.97. The molecule has 35 heavy (non-hydrogen) atoms. The van der Waals surface area contributed by atoms with E-state index in [1.807, 2.05) is 0 Å². The van der Waals surface area contributed by atoms with Crippen LogP contribution in [0.25, 0.3) is 0 Å². The minimum Gasteiger partial charge on any atom is -0.353 e. The van der Waals surface area contributed by atoms with Crippen LogP contribution < -0.4 is 14.8 Å². The number of nitrogens with zero attached hydrogens (tertiary/aromatic N) is 4. The molecular weight excluding hydrogens is 514 g/mol. The maximum absolute atomic E-state index is 14.2. The van der Waals surface area contributed by atoms with Crippen LogP contribution in [0.1, 0.15) is 31.7 Å². The number of halogens is 3. The molecule has 4 rings (SSSR count). The third-order valence-electron chi connectivity index (χ3n) is 6.82. The van der Waals surface area contributed by atoms with E-state index in [4.69, 9.17) is 28.3 Å². The van der Waals surface area contributed by atoms with Gasteiger partial charge in [-0.05, 0) is 50.6 Å². The molecule has 192 valence electrons. The number of piperazine rings is 1. The van der Waals surface area contributed by atoms with Crippen LogP contribution in [-0.2, 0) is 16.8 Å². The van der Waals surface area contributed by atoms with Crippen LogP contribution in [0.15, 0.2) is 30.5 Å². The van der Waals surface area contributed by atoms with Crippen molar-refractivity contribution in [2.24, 2.45) is 5.14 Å². The molecule has 0 saturated carbocycles. The molecule has 8 nitrogen and oxygen atoms in total. The van der Waals surface area contributed by atoms with Crippen molar-refractivity contribution < 1.29 is 12.8 Å². The lowest BCUT2D eigenvalue weighted by Crippen LogP contribution is -2.58. The quantitative estimate of drug-likeness (QED) is 0.551. The van der Waals surface area contributed by atoms with Crippen molar-refractivity contribution in [2.75, 3.05) is 42.3 Å². The molecule has 1 aromatic heterocycles. The maximum Gasteiger partial charge on any atom is 0.296 e. The van der Waals surface area contributed by atoms with Crippen molar-refractivity contribution in [1.29, 1.82) is 0 Å². The zero-order valence-corrected chi connectivity index (χ0v) is 22.0. The Morgan fingerprint density at radius 1 is 1.17 bits per heavy atom. The number of anilines is 2. The summed E-state index contributed by atoms with van der Waals surface area (Å²) < 4.78 is 38.9. The van der Waals surface area contributed by atoms with Crippen LogP contribution in [-0.4, -0.2) is 68.0 Å². The highest BCUT2D eigenvalue weighted by molar-refractivity contribution is 7.90. The minimum absolute atomic E-state index is 0.233. The lowest BCUT2D eigenvalue weighted by molar-refractivity contribution is 0.0607. The molecule has 0 unspecified atom stereocenters. The van der Waals surface area contributed by atoms with E-state index in [1.54, 1.807) is 12.1 Å². The summed E-state index contributed by atoms with van der Waals surface area (Å²) in [4.78, 5) is 11.5. The average Bonchev–Trinajstić information content (AvgIpc) is 2.80. The van der Waals surface area contributed by atoms with Gasteiger partial charge in [-0.15, -0.1) is 0 Å². The molecule has 3 heterocycles. The fraction of sp³-hybridized carbons (Fsp3) is 0.522. The van der Waals surface area contributed by atoms with Gasteiger partial charge in [0.05, 0.1) is 16.9 Å². The van der Waals surface area contributed by atoms with Crippen LogP contribution in [0, 0.1) is 5.82 Å². The molecule has 1 aromatic carbocycles. The minimum atomic E-state index is -3.89. The highest BCUT2D eigenvalue weighted by Crippen LogP contribution is 2.31. The average molecular weight is 546 g/mol. The Hall–Kier alpha value is -1.69. The van der Waals surface area contributed by atoms with Gasteiger partial charge in [0.25, 0.3) is 10.2 Å². The summed E-state index contributed by atoms with van der Waals surface area (Å²) in [5, 5.41) is 5.83. The molecule has 1 atom stereocenters. The van der Waals surface area contributed by atoms with Crippen LogP contribution >= 0.6 is 23.2 Å². The van der Waals surface area contributed by atoms with E-state index in [0.717, 1.165) is 52.0 Å². The maximum atomic E-state index is 14.2. The van der Waals surface area contributed by atoms with Gasteiger partial charge in [-0.25, -0.2) is 14.5 Å². The fourth-order valence-electron chi connectivity index (χ4n) is 5.09. The standard InChI is InChI=1S/C23H31Cl2FN6O2S/c1-2-19-15-31(23-21(25)12-18(13-28-23)29-35(27,33)34)9-10-32(19)20-5-7-30(8-6-20)14-16-3-4-17(24)11-22(16)26/h3-4,11-13,19-20,29H,2,5-10,14-15H2,1H3,(H2,27,33,34)/t19-/m0/s1. The second-order valence-corrected chi connectivity index (χ2v) is 11.3. The summed E-state index contributed by atoms with van der Waals surface area (Å²) in [6.45, 7) is 7.10. The van der Waals surface area contributed by atoms with Crippen molar-refractivity contribution in [1.82, 2.24) is 14.8 Å². The highest BCUT2D eigenvalue weighted by Gasteiger charge is 2.34. The summed E-state index contributed by atoms with van der Waals surface area (Å²) in [6.07, 6.45) is 4.50. The molecule has 12 heteroatoms. The Morgan fingerprint density at radius 3 is 2.54 bits per heavy atom. The highest BCUT2D eigenvalue weighted by atomic mass is 35.5. The zero-order valence-electron chi connectivity index (χ0n) is 19.6. The van der Waals surface area contributed by atoms with Crippen molar-refractivity contribution in [3.63, 3.8) is 0 Å². The van der Waals surface area contributed by atoms with Crippen LogP contribution in [0.5, 0.6) is 0 Å². The topological polar surface area (TPSA) is 94.8 Å². The molecule has 2 aromatic rings. The lowest BCUT2D eigenvalue weighted by Gasteiger charge is -2.47. The third-order valence-corrected chi connectivity index (χ3v) is 7.85. The van der Waals surface area contributed by atoms with E-state index in [1.165, 1.54) is 18.3 Å². The van der Waals surface area contributed by atoms with Crippen molar-refractivity contribution in [2.45, 2.75) is 44.8 Å². The Kier molecular flexibility index (Phi) is 8.40. The molecule has 0 amide bonds. The van der Waals surface area contributed by atoms with E-state index >= 15 is 0 Å². The van der Waals surface area contributed by atoms with Gasteiger partial charge in [0.1, 0.15) is 11.6 Å². The number of piperidine rings is 1. The predicted octanol–water partition coefficient (Wildman–Crippen LogP) is 3.71. The first-order valence-electron chi connectivity index (χ1n) is 11.8. The summed E-state index contributed by atoms with van der Waals surface area (Å²) in [7, 11) is -3.89. The van der Waals surface area contributed by atoms with Gasteiger partial charge in [-0.1, -0.05) is 36.2 Å². The van der Waals surface area contributed by atoms with Gasteiger partial charge in [0.15, 0.2) is 0 Å². The molecule has 0 bridgehead atoms. The normalized spacial score (nSPS) is 20.8. The van der Waals surface area contributed by atoms with Crippen molar-refractivity contribution in [3.8, 4) is 0 Å². The van der Waals surface area contributed by atoms with Crippen molar-refractivity contribution >= 4 is 44.9 Å². The van der Waals surface area contributed by atoms with Crippen LogP contribution in [0.3, 0.4) is 0 Å². The van der Waals surface area contributed by atoms with Gasteiger partial charge in [-0.2, -0.15) is 8.42 Å². The summed E-state index contributed by atoms with van der Waals surface area (Å²) in [5.41, 5.74) is 0.916. The number of nitrogens with one attached hydrogen (secondary N) is 1. The number of rotatable bonds is 7. The Morgan fingerprint density at radius 2 is 1.91 bits per heavy atom. The molecule has 2 aliphatic rings. The van der Waals surface area contributed by atoms with Gasteiger partial charge >= 0.3 is 0 Å².